The van der Waals surface area contributed by atoms with E-state index in [4.69, 9.17) is 18.9 Å². The van der Waals surface area contributed by atoms with Crippen molar-refractivity contribution < 1.29 is 31.8 Å². The maximum atomic E-state index is 13.7. The lowest BCUT2D eigenvalue weighted by Crippen LogP contribution is -2.35. The van der Waals surface area contributed by atoms with E-state index in [9.17, 15) is 12.8 Å². The highest BCUT2D eigenvalue weighted by molar-refractivity contribution is 7.93. The molecule has 3 atom stereocenters. The van der Waals surface area contributed by atoms with Gasteiger partial charge in [0.15, 0.2) is 17.3 Å². The Balaban J connectivity index is 1.78. The molecule has 206 valence electrons. The lowest BCUT2D eigenvalue weighted by atomic mass is 10.1. The second-order valence-corrected chi connectivity index (χ2v) is 10.8. The minimum absolute atomic E-state index is 0.0167. The highest BCUT2D eigenvalue weighted by Gasteiger charge is 2.37. The molecule has 1 saturated heterocycles. The van der Waals surface area contributed by atoms with Gasteiger partial charge in [0.05, 0.1) is 39.3 Å². The summed E-state index contributed by atoms with van der Waals surface area (Å²) in [7, 11) is -1.40. The Morgan fingerprint density at radius 1 is 1.08 bits per heavy atom. The van der Waals surface area contributed by atoms with Gasteiger partial charge in [-0.15, -0.1) is 10.2 Å². The Kier molecular flexibility index (Phi) is 8.32. The summed E-state index contributed by atoms with van der Waals surface area (Å²) in [5.41, 5.74) is 0.214. The van der Waals surface area contributed by atoms with E-state index < -0.39 is 27.2 Å². The van der Waals surface area contributed by atoms with Crippen LogP contribution < -0.4 is 14.2 Å². The van der Waals surface area contributed by atoms with Crippen molar-refractivity contribution in [2.45, 2.75) is 50.6 Å². The van der Waals surface area contributed by atoms with Crippen LogP contribution in [0.4, 0.5) is 10.3 Å². The highest BCUT2D eigenvalue weighted by Crippen LogP contribution is 2.36. The van der Waals surface area contributed by atoms with Crippen molar-refractivity contribution >= 4 is 16.0 Å². The van der Waals surface area contributed by atoms with Crippen molar-refractivity contribution in [3.63, 3.8) is 0 Å². The molecule has 1 fully saturated rings. The minimum atomic E-state index is -4.22. The van der Waals surface area contributed by atoms with Crippen molar-refractivity contribution in [3.8, 4) is 17.4 Å². The van der Waals surface area contributed by atoms with Crippen molar-refractivity contribution in [1.29, 1.82) is 0 Å². The average molecular weight is 553 g/mol. The molecule has 0 unspecified atom stereocenters. The molecule has 14 nitrogen and oxygen atoms in total. The van der Waals surface area contributed by atoms with Gasteiger partial charge < -0.3 is 18.9 Å². The third-order valence-corrected chi connectivity index (χ3v) is 7.50. The molecule has 0 saturated carbocycles. The van der Waals surface area contributed by atoms with Crippen molar-refractivity contribution in [3.05, 3.63) is 36.2 Å². The largest absolute Gasteiger partial charge is 0.479 e. The number of rotatable bonds is 11. The number of nitrogens with zero attached hydrogens (tertiary/aromatic N) is 7. The van der Waals surface area contributed by atoms with Gasteiger partial charge in [-0.25, -0.2) is 22.8 Å². The summed E-state index contributed by atoms with van der Waals surface area (Å²) >= 11 is 0. The zero-order valence-electron chi connectivity index (χ0n) is 21.5. The molecule has 4 rings (SSSR count). The maximum absolute atomic E-state index is 13.7. The first-order valence-corrected chi connectivity index (χ1v) is 13.3. The van der Waals surface area contributed by atoms with Crippen LogP contribution in [0.2, 0.25) is 0 Å². The minimum Gasteiger partial charge on any atom is -0.479 e. The Morgan fingerprint density at radius 3 is 2.29 bits per heavy atom. The fourth-order valence-corrected chi connectivity index (χ4v) is 5.03. The summed E-state index contributed by atoms with van der Waals surface area (Å²) < 4.78 is 67.0. The lowest BCUT2D eigenvalue weighted by Gasteiger charge is -2.25. The second kappa shape index (κ2) is 11.5. The van der Waals surface area contributed by atoms with E-state index in [1.165, 1.54) is 32.0 Å². The molecule has 1 aliphatic rings. The number of aromatic nitrogens is 7. The summed E-state index contributed by atoms with van der Waals surface area (Å²) in [4.78, 5) is 16.2. The van der Waals surface area contributed by atoms with Crippen LogP contribution in [0.3, 0.4) is 0 Å². The van der Waals surface area contributed by atoms with E-state index in [0.29, 0.717) is 25.5 Å². The number of sulfonamides is 1. The Labute approximate surface area is 219 Å². The fraction of sp³-hybridized carbons (Fsp3) is 0.545. The van der Waals surface area contributed by atoms with Crippen LogP contribution in [-0.4, -0.2) is 81.9 Å². The molecule has 0 aliphatic carbocycles. The van der Waals surface area contributed by atoms with E-state index in [1.807, 2.05) is 0 Å². The molecule has 1 N–H and O–H groups in total. The Bertz CT molecular complexity index is 1330. The normalized spacial score (nSPS) is 17.4. The maximum Gasteiger partial charge on any atom is 0.245 e. The first-order chi connectivity index (χ1) is 18.2. The number of nitrogens with one attached hydrogen (secondary N) is 1. The summed E-state index contributed by atoms with van der Waals surface area (Å²) in [6.45, 7) is 5.79. The number of halogens is 1. The molecule has 38 heavy (non-hydrogen) atoms. The van der Waals surface area contributed by atoms with Gasteiger partial charge in [0.1, 0.15) is 23.5 Å². The van der Waals surface area contributed by atoms with E-state index in [0.717, 1.165) is 12.4 Å². The number of anilines is 1. The Morgan fingerprint density at radius 2 is 1.74 bits per heavy atom. The molecule has 0 spiro atoms. The number of methoxy groups -OCH3 is 2. The fourth-order valence-electron chi connectivity index (χ4n) is 3.95. The van der Waals surface area contributed by atoms with Crippen LogP contribution in [0.1, 0.15) is 50.9 Å². The topological polar surface area (TPSA) is 165 Å². The highest BCUT2D eigenvalue weighted by atomic mass is 32.2. The molecule has 0 radical (unpaired) electrons. The molecule has 3 aromatic heterocycles. The van der Waals surface area contributed by atoms with Gasteiger partial charge in [-0.1, -0.05) is 0 Å². The third-order valence-electron chi connectivity index (χ3n) is 5.81. The third kappa shape index (κ3) is 5.66. The molecule has 3 aromatic rings. The molecular formula is C22H29FN8O6S. The van der Waals surface area contributed by atoms with Crippen LogP contribution in [0.25, 0.3) is 5.69 Å². The van der Waals surface area contributed by atoms with Crippen LogP contribution >= 0.6 is 0 Å². The molecule has 1 aliphatic heterocycles. The van der Waals surface area contributed by atoms with E-state index in [1.54, 1.807) is 13.8 Å². The van der Waals surface area contributed by atoms with Gasteiger partial charge in [-0.3, -0.25) is 9.29 Å². The van der Waals surface area contributed by atoms with Gasteiger partial charge in [0, 0.05) is 12.5 Å². The standard InChI is InChI=1S/C22H29FN8O6S/c1-12(2)37-17(18-24-8-15(23)9-25-18)13(3)38(32,33)30-22-29-28-19(14-6-7-36-10-14)31(22)16-20(34-4)26-11-27-21(16)35-5/h8-9,11-14,17H,6-7,10H2,1-5H3,(H,29,30)/t13-,14-,17+/m0/s1. The van der Waals surface area contributed by atoms with Gasteiger partial charge in [0.2, 0.25) is 27.7 Å². The first-order valence-electron chi connectivity index (χ1n) is 11.8. The van der Waals surface area contributed by atoms with E-state index in [-0.39, 0.29) is 41.2 Å². The monoisotopic (exact) mass is 552 g/mol. The van der Waals surface area contributed by atoms with E-state index in [2.05, 4.69) is 34.9 Å². The molecule has 0 aromatic carbocycles. The summed E-state index contributed by atoms with van der Waals surface area (Å²) in [6, 6.07) is 0. The predicted octanol–water partition coefficient (Wildman–Crippen LogP) is 1.80. The molecule has 4 heterocycles. The molecule has 16 heteroatoms. The predicted molar refractivity (Wildman–Crippen MR) is 131 cm³/mol. The van der Waals surface area contributed by atoms with Crippen LogP contribution in [0.15, 0.2) is 18.7 Å². The SMILES string of the molecule is COc1ncnc(OC)c1-n1c(NS(=O)(=O)[C@@H](C)[C@@H](OC(C)C)c2ncc(F)cn2)nnc1[C@H]1CCOC1. The van der Waals surface area contributed by atoms with Crippen LogP contribution in [0.5, 0.6) is 11.8 Å². The smallest absolute Gasteiger partial charge is 0.245 e. The zero-order chi connectivity index (χ0) is 27.4. The zero-order valence-corrected chi connectivity index (χ0v) is 22.3. The van der Waals surface area contributed by atoms with E-state index >= 15 is 0 Å². The average Bonchev–Trinajstić information content (AvgIpc) is 3.56. The Hall–Kier alpha value is -3.50. The number of hydrogen-bond acceptors (Lipinski definition) is 12. The summed E-state index contributed by atoms with van der Waals surface area (Å²) in [5, 5.41) is 7.18. The van der Waals surface area contributed by atoms with Crippen molar-refractivity contribution in [1.82, 2.24) is 34.7 Å². The van der Waals surface area contributed by atoms with Gasteiger partial charge in [-0.05, 0) is 27.2 Å². The number of hydrogen-bond donors (Lipinski definition) is 1. The summed E-state index contributed by atoms with van der Waals surface area (Å²) in [5.74, 6) is -0.322. The lowest BCUT2D eigenvalue weighted by molar-refractivity contribution is 0.00144. The van der Waals surface area contributed by atoms with Gasteiger partial charge >= 0.3 is 0 Å². The molecule has 0 bridgehead atoms. The summed E-state index contributed by atoms with van der Waals surface area (Å²) in [6.07, 6.45) is 2.31. The van der Waals surface area contributed by atoms with Crippen LogP contribution in [-0.2, 0) is 19.5 Å². The van der Waals surface area contributed by atoms with Gasteiger partial charge in [-0.2, -0.15) is 9.97 Å². The van der Waals surface area contributed by atoms with Crippen molar-refractivity contribution in [2.24, 2.45) is 0 Å². The number of ether oxygens (including phenoxy) is 4. The quantitative estimate of drug-likeness (QED) is 0.367. The second-order valence-electron chi connectivity index (χ2n) is 8.74. The van der Waals surface area contributed by atoms with Crippen LogP contribution in [0, 0.1) is 5.82 Å². The first kappa shape index (κ1) is 27.5. The molecular weight excluding hydrogens is 523 g/mol. The molecule has 0 amide bonds. The van der Waals surface area contributed by atoms with Gasteiger partial charge in [0.25, 0.3) is 0 Å². The van der Waals surface area contributed by atoms with Crippen molar-refractivity contribution in [2.75, 3.05) is 32.2 Å².